The fourth-order valence-electron chi connectivity index (χ4n) is 1.44. The van der Waals surface area contributed by atoms with Crippen LogP contribution in [0.15, 0.2) is 41.9 Å². The Morgan fingerprint density at radius 3 is 2.85 bits per heavy atom. The predicted molar refractivity (Wildman–Crippen MR) is 91.5 cm³/mol. The first-order valence-corrected chi connectivity index (χ1v) is 6.13. The molecule has 1 atom stereocenters. The van der Waals surface area contributed by atoms with E-state index in [2.05, 4.69) is 22.2 Å². The lowest BCUT2D eigenvalue weighted by Gasteiger charge is -2.17. The summed E-state index contributed by atoms with van der Waals surface area (Å²) in [4.78, 5) is 4.05. The summed E-state index contributed by atoms with van der Waals surface area (Å²) < 4.78 is 18.6. The van der Waals surface area contributed by atoms with E-state index >= 15 is 0 Å². The number of guanidine groups is 1. The lowest BCUT2D eigenvalue weighted by molar-refractivity contribution is 0.223. The molecule has 0 amide bonds. The smallest absolute Gasteiger partial charge is 0.191 e. The minimum Gasteiger partial charge on any atom is -0.489 e. The highest BCUT2D eigenvalue weighted by molar-refractivity contribution is 14.0. The second-order valence-electron chi connectivity index (χ2n) is 4.01. The van der Waals surface area contributed by atoms with E-state index in [1.807, 2.05) is 6.92 Å². The highest BCUT2D eigenvalue weighted by Crippen LogP contribution is 2.13. The highest BCUT2D eigenvalue weighted by atomic mass is 127. The number of rotatable bonds is 6. The Hall–Kier alpha value is -1.31. The van der Waals surface area contributed by atoms with Gasteiger partial charge in [0, 0.05) is 19.7 Å². The molecule has 4 nitrogen and oxygen atoms in total. The van der Waals surface area contributed by atoms with Gasteiger partial charge >= 0.3 is 0 Å². The lowest BCUT2D eigenvalue weighted by Crippen LogP contribution is -2.41. The molecule has 0 spiro atoms. The van der Waals surface area contributed by atoms with Crippen molar-refractivity contribution in [3.63, 3.8) is 0 Å². The van der Waals surface area contributed by atoms with Crippen molar-refractivity contribution in [2.75, 3.05) is 20.1 Å². The Balaban J connectivity index is 0.00000361. The van der Waals surface area contributed by atoms with Crippen molar-refractivity contribution in [1.82, 2.24) is 10.6 Å². The predicted octanol–water partition coefficient (Wildman–Crippen LogP) is 2.56. The standard InChI is InChI=1S/C14H20FN3O.HI/c1-4-8-17-14(16-3)18-10-11(2)19-13-7-5-6-12(15)9-13;/h4-7,9,11H,1,8,10H2,2-3H3,(H2,16,17,18);1H. The van der Waals surface area contributed by atoms with Gasteiger partial charge < -0.3 is 15.4 Å². The zero-order valence-corrected chi connectivity index (χ0v) is 14.1. The number of ether oxygens (including phenoxy) is 1. The minimum absolute atomic E-state index is 0. The van der Waals surface area contributed by atoms with Crippen molar-refractivity contribution >= 4 is 29.9 Å². The molecule has 1 unspecified atom stereocenters. The van der Waals surface area contributed by atoms with Gasteiger partial charge in [-0.3, -0.25) is 4.99 Å². The fourth-order valence-corrected chi connectivity index (χ4v) is 1.44. The molecule has 0 radical (unpaired) electrons. The van der Waals surface area contributed by atoms with Crippen LogP contribution in [0.2, 0.25) is 0 Å². The molecule has 0 aliphatic carbocycles. The maximum atomic E-state index is 13.0. The van der Waals surface area contributed by atoms with E-state index in [1.54, 1.807) is 25.3 Å². The molecule has 0 aliphatic heterocycles. The monoisotopic (exact) mass is 393 g/mol. The molecular formula is C14H21FIN3O. The summed E-state index contributed by atoms with van der Waals surface area (Å²) in [5.41, 5.74) is 0. The number of halogens is 2. The lowest BCUT2D eigenvalue weighted by atomic mass is 10.3. The maximum absolute atomic E-state index is 13.0. The maximum Gasteiger partial charge on any atom is 0.191 e. The van der Waals surface area contributed by atoms with Crippen LogP contribution in [0, 0.1) is 5.82 Å². The summed E-state index contributed by atoms with van der Waals surface area (Å²) in [7, 11) is 1.69. The molecule has 0 aromatic heterocycles. The van der Waals surface area contributed by atoms with Crippen molar-refractivity contribution in [2.45, 2.75) is 13.0 Å². The Bertz CT molecular complexity index is 440. The summed E-state index contributed by atoms with van der Waals surface area (Å²) in [5, 5.41) is 6.16. The topological polar surface area (TPSA) is 45.7 Å². The van der Waals surface area contributed by atoms with Crippen LogP contribution in [0.3, 0.4) is 0 Å². The van der Waals surface area contributed by atoms with E-state index in [0.717, 1.165) is 0 Å². The van der Waals surface area contributed by atoms with Gasteiger partial charge in [0.1, 0.15) is 17.7 Å². The molecular weight excluding hydrogens is 372 g/mol. The van der Waals surface area contributed by atoms with Crippen LogP contribution in [0.4, 0.5) is 4.39 Å². The third kappa shape index (κ3) is 7.32. The molecule has 0 saturated carbocycles. The van der Waals surface area contributed by atoms with Crippen LogP contribution in [0.5, 0.6) is 5.75 Å². The van der Waals surface area contributed by atoms with Crippen LogP contribution >= 0.6 is 24.0 Å². The van der Waals surface area contributed by atoms with Gasteiger partial charge in [-0.05, 0) is 19.1 Å². The van der Waals surface area contributed by atoms with Crippen LogP contribution in [-0.4, -0.2) is 32.2 Å². The van der Waals surface area contributed by atoms with Crippen LogP contribution < -0.4 is 15.4 Å². The first-order valence-electron chi connectivity index (χ1n) is 6.13. The van der Waals surface area contributed by atoms with Gasteiger partial charge in [-0.2, -0.15) is 0 Å². The summed E-state index contributed by atoms with van der Waals surface area (Å²) in [6.07, 6.45) is 1.64. The van der Waals surface area contributed by atoms with Gasteiger partial charge in [-0.1, -0.05) is 12.1 Å². The SMILES string of the molecule is C=CCNC(=NC)NCC(C)Oc1cccc(F)c1.I. The van der Waals surface area contributed by atoms with Gasteiger partial charge in [-0.15, -0.1) is 30.6 Å². The zero-order valence-electron chi connectivity index (χ0n) is 11.7. The van der Waals surface area contributed by atoms with E-state index in [4.69, 9.17) is 4.74 Å². The van der Waals surface area contributed by atoms with E-state index in [-0.39, 0.29) is 35.9 Å². The summed E-state index contributed by atoms with van der Waals surface area (Å²) in [5.74, 6) is 0.888. The summed E-state index contributed by atoms with van der Waals surface area (Å²) in [6.45, 7) is 6.72. The van der Waals surface area contributed by atoms with E-state index in [9.17, 15) is 4.39 Å². The van der Waals surface area contributed by atoms with E-state index in [1.165, 1.54) is 12.1 Å². The van der Waals surface area contributed by atoms with Crippen LogP contribution in [0.1, 0.15) is 6.92 Å². The molecule has 6 heteroatoms. The average Bonchev–Trinajstić information content (AvgIpc) is 2.39. The number of aliphatic imine (C=N–C) groups is 1. The number of hydrogen-bond donors (Lipinski definition) is 2. The quantitative estimate of drug-likeness (QED) is 0.338. The zero-order chi connectivity index (χ0) is 14.1. The Morgan fingerprint density at radius 2 is 2.25 bits per heavy atom. The van der Waals surface area contributed by atoms with Gasteiger partial charge in [-0.25, -0.2) is 4.39 Å². The first kappa shape index (κ1) is 18.7. The summed E-state index contributed by atoms with van der Waals surface area (Å²) in [6, 6.07) is 6.10. The normalized spacial score (nSPS) is 12.1. The van der Waals surface area contributed by atoms with Crippen molar-refractivity contribution in [3.05, 3.63) is 42.7 Å². The van der Waals surface area contributed by atoms with Crippen LogP contribution in [-0.2, 0) is 0 Å². The molecule has 1 aromatic carbocycles. The molecule has 1 rings (SSSR count). The number of nitrogens with zero attached hydrogens (tertiary/aromatic N) is 1. The number of benzene rings is 1. The number of hydrogen-bond acceptors (Lipinski definition) is 2. The summed E-state index contributed by atoms with van der Waals surface area (Å²) >= 11 is 0. The molecule has 1 aromatic rings. The van der Waals surface area contributed by atoms with Crippen molar-refractivity contribution in [2.24, 2.45) is 4.99 Å². The molecule has 0 aliphatic rings. The van der Waals surface area contributed by atoms with Crippen LogP contribution in [0.25, 0.3) is 0 Å². The Labute approximate surface area is 136 Å². The minimum atomic E-state index is -0.305. The second kappa shape index (κ2) is 10.5. The third-order valence-corrected chi connectivity index (χ3v) is 2.33. The molecule has 112 valence electrons. The fraction of sp³-hybridized carbons (Fsp3) is 0.357. The Morgan fingerprint density at radius 1 is 1.50 bits per heavy atom. The van der Waals surface area contributed by atoms with Crippen molar-refractivity contribution in [1.29, 1.82) is 0 Å². The average molecular weight is 393 g/mol. The Kier molecular flexibility index (Phi) is 9.79. The molecule has 0 fully saturated rings. The number of nitrogens with one attached hydrogen (secondary N) is 2. The van der Waals surface area contributed by atoms with Crippen molar-refractivity contribution in [3.8, 4) is 5.75 Å². The molecule has 20 heavy (non-hydrogen) atoms. The first-order chi connectivity index (χ1) is 9.15. The second-order valence-corrected chi connectivity index (χ2v) is 4.01. The van der Waals surface area contributed by atoms with Gasteiger partial charge in [0.2, 0.25) is 0 Å². The van der Waals surface area contributed by atoms with Gasteiger partial charge in [0.05, 0.1) is 6.54 Å². The van der Waals surface area contributed by atoms with E-state index in [0.29, 0.717) is 24.8 Å². The molecule has 0 saturated heterocycles. The molecule has 2 N–H and O–H groups in total. The van der Waals surface area contributed by atoms with Gasteiger partial charge in [0.15, 0.2) is 5.96 Å². The van der Waals surface area contributed by atoms with Crippen molar-refractivity contribution < 1.29 is 9.13 Å². The molecule has 0 bridgehead atoms. The largest absolute Gasteiger partial charge is 0.489 e. The van der Waals surface area contributed by atoms with Gasteiger partial charge in [0.25, 0.3) is 0 Å². The third-order valence-electron chi connectivity index (χ3n) is 2.33. The molecule has 0 heterocycles. The highest BCUT2D eigenvalue weighted by Gasteiger charge is 2.05. The van der Waals surface area contributed by atoms with E-state index < -0.39 is 0 Å².